The zero-order chi connectivity index (χ0) is 16.3. The van der Waals surface area contributed by atoms with Crippen LogP contribution in [0.5, 0.6) is 0 Å². The van der Waals surface area contributed by atoms with Crippen molar-refractivity contribution < 1.29 is 4.79 Å². The third-order valence-electron chi connectivity index (χ3n) is 2.48. The van der Waals surface area contributed by atoms with Crippen molar-refractivity contribution in [1.29, 1.82) is 0 Å². The Hall–Kier alpha value is -2.29. The van der Waals surface area contributed by atoms with Crippen LogP contribution >= 0.6 is 0 Å². The van der Waals surface area contributed by atoms with Crippen molar-refractivity contribution in [3.8, 4) is 0 Å². The van der Waals surface area contributed by atoms with Crippen LogP contribution in [0.25, 0.3) is 0 Å². The molecule has 0 aliphatic heterocycles. The number of carbonyl (C=O) groups is 1. The van der Waals surface area contributed by atoms with Crippen molar-refractivity contribution in [2.45, 2.75) is 34.6 Å². The second-order valence-corrected chi connectivity index (χ2v) is 3.94. The second kappa shape index (κ2) is 10.5. The molecule has 1 amide bonds. The van der Waals surface area contributed by atoms with Crippen molar-refractivity contribution in [3.63, 3.8) is 0 Å². The fourth-order valence-corrected chi connectivity index (χ4v) is 1.47. The van der Waals surface area contributed by atoms with E-state index in [1.165, 1.54) is 0 Å². The largest absolute Gasteiger partial charge is 0.399 e. The summed E-state index contributed by atoms with van der Waals surface area (Å²) in [7, 11) is 0. The molecule has 0 heterocycles. The summed E-state index contributed by atoms with van der Waals surface area (Å²) in [5.74, 6) is -0.131. The van der Waals surface area contributed by atoms with Crippen molar-refractivity contribution in [3.05, 3.63) is 59.7 Å². The molecule has 114 valence electrons. The lowest BCUT2D eigenvalue weighted by atomic mass is 10.2. The highest BCUT2D eigenvalue weighted by atomic mass is 16.1. The number of nitrogens with one attached hydrogen (secondary N) is 1. The van der Waals surface area contributed by atoms with Gasteiger partial charge in [-0.3, -0.25) is 4.79 Å². The molecule has 0 radical (unpaired) electrons. The molecule has 0 bridgehead atoms. The number of nitrogen functional groups attached to an aromatic ring is 1. The molecule has 2 aromatic rings. The van der Waals surface area contributed by atoms with Gasteiger partial charge in [-0.15, -0.1) is 0 Å². The molecule has 0 saturated carbocycles. The SMILES string of the molecule is CC.CC.Cc1ccc(NC(=O)c2ccc(N)cc2)cc1. The van der Waals surface area contributed by atoms with E-state index in [0.717, 1.165) is 11.3 Å². The van der Waals surface area contributed by atoms with Crippen LogP contribution in [0.15, 0.2) is 48.5 Å². The summed E-state index contributed by atoms with van der Waals surface area (Å²) in [6.45, 7) is 10.0. The molecule has 3 N–H and O–H groups in total. The first-order chi connectivity index (χ1) is 10.1. The summed E-state index contributed by atoms with van der Waals surface area (Å²) in [4.78, 5) is 11.9. The first kappa shape index (κ1) is 18.7. The van der Waals surface area contributed by atoms with Gasteiger partial charge in [0.25, 0.3) is 5.91 Å². The number of anilines is 2. The third kappa shape index (κ3) is 6.61. The van der Waals surface area contributed by atoms with Crippen molar-refractivity contribution >= 4 is 17.3 Å². The van der Waals surface area contributed by atoms with Crippen LogP contribution in [0.3, 0.4) is 0 Å². The first-order valence-corrected chi connectivity index (χ1v) is 7.39. The molecule has 0 aromatic heterocycles. The van der Waals surface area contributed by atoms with E-state index in [0.29, 0.717) is 11.3 Å². The van der Waals surface area contributed by atoms with E-state index in [4.69, 9.17) is 5.73 Å². The van der Waals surface area contributed by atoms with Gasteiger partial charge in [0.2, 0.25) is 0 Å². The van der Waals surface area contributed by atoms with Crippen LogP contribution < -0.4 is 11.1 Å². The molecule has 3 nitrogen and oxygen atoms in total. The van der Waals surface area contributed by atoms with E-state index in [1.807, 2.05) is 58.9 Å². The normalized spacial score (nSPS) is 8.62. The molecule has 0 fully saturated rings. The number of benzene rings is 2. The van der Waals surface area contributed by atoms with E-state index in [9.17, 15) is 4.79 Å². The van der Waals surface area contributed by atoms with Gasteiger partial charge in [-0.2, -0.15) is 0 Å². The van der Waals surface area contributed by atoms with Crippen molar-refractivity contribution in [1.82, 2.24) is 0 Å². The molecule has 0 aliphatic carbocycles. The van der Waals surface area contributed by atoms with Crippen molar-refractivity contribution in [2.24, 2.45) is 0 Å². The zero-order valence-electron chi connectivity index (χ0n) is 13.6. The summed E-state index contributed by atoms with van der Waals surface area (Å²) in [6.07, 6.45) is 0. The molecule has 0 spiro atoms. The van der Waals surface area contributed by atoms with Crippen LogP contribution in [0.4, 0.5) is 11.4 Å². The van der Waals surface area contributed by atoms with Crippen molar-refractivity contribution in [2.75, 3.05) is 11.1 Å². The Morgan fingerprint density at radius 3 is 1.81 bits per heavy atom. The molecule has 0 unspecified atom stereocenters. The minimum Gasteiger partial charge on any atom is -0.399 e. The molecule has 2 rings (SSSR count). The Morgan fingerprint density at radius 1 is 0.857 bits per heavy atom. The quantitative estimate of drug-likeness (QED) is 0.773. The average molecular weight is 286 g/mol. The molecular formula is C18H26N2O. The van der Waals surface area contributed by atoms with Crippen LogP contribution in [-0.4, -0.2) is 5.91 Å². The lowest BCUT2D eigenvalue weighted by molar-refractivity contribution is 0.102. The van der Waals surface area contributed by atoms with Gasteiger partial charge in [-0.25, -0.2) is 0 Å². The Bertz CT molecular complexity index is 516. The molecular weight excluding hydrogens is 260 g/mol. The lowest BCUT2D eigenvalue weighted by Gasteiger charge is -2.05. The van der Waals surface area contributed by atoms with Crippen LogP contribution in [0.1, 0.15) is 43.6 Å². The first-order valence-electron chi connectivity index (χ1n) is 7.39. The van der Waals surface area contributed by atoms with Gasteiger partial charge < -0.3 is 11.1 Å². The maximum Gasteiger partial charge on any atom is 0.255 e. The second-order valence-electron chi connectivity index (χ2n) is 3.94. The predicted octanol–water partition coefficient (Wildman–Crippen LogP) is 4.88. The highest BCUT2D eigenvalue weighted by Crippen LogP contribution is 2.11. The van der Waals surface area contributed by atoms with Gasteiger partial charge in [-0.1, -0.05) is 45.4 Å². The van der Waals surface area contributed by atoms with E-state index < -0.39 is 0 Å². The zero-order valence-corrected chi connectivity index (χ0v) is 13.6. The maximum atomic E-state index is 11.9. The van der Waals surface area contributed by atoms with Gasteiger partial charge >= 0.3 is 0 Å². The molecule has 0 aliphatic rings. The Labute approximate surface area is 128 Å². The van der Waals surface area contributed by atoms with Gasteiger partial charge in [0, 0.05) is 16.9 Å². The highest BCUT2D eigenvalue weighted by Gasteiger charge is 2.04. The van der Waals surface area contributed by atoms with Gasteiger partial charge in [0.15, 0.2) is 0 Å². The summed E-state index contributed by atoms with van der Waals surface area (Å²) in [5.41, 5.74) is 8.76. The number of aryl methyl sites for hydroxylation is 1. The minimum atomic E-state index is -0.131. The van der Waals surface area contributed by atoms with Crippen LogP contribution in [0, 0.1) is 6.92 Å². The van der Waals surface area contributed by atoms with E-state index in [-0.39, 0.29) is 5.91 Å². The average Bonchev–Trinajstić information content (AvgIpc) is 2.54. The van der Waals surface area contributed by atoms with Gasteiger partial charge in [0.05, 0.1) is 0 Å². The summed E-state index contributed by atoms with van der Waals surface area (Å²) < 4.78 is 0. The molecule has 2 aromatic carbocycles. The number of amides is 1. The number of nitrogens with two attached hydrogens (primary N) is 1. The molecule has 0 saturated heterocycles. The number of hydrogen-bond acceptors (Lipinski definition) is 2. The fraction of sp³-hybridized carbons (Fsp3) is 0.278. The van der Waals surface area contributed by atoms with E-state index in [2.05, 4.69) is 5.32 Å². The number of carbonyl (C=O) groups excluding carboxylic acids is 1. The molecule has 0 atom stereocenters. The summed E-state index contributed by atoms with van der Waals surface area (Å²) in [6, 6.07) is 14.5. The monoisotopic (exact) mass is 286 g/mol. The predicted molar refractivity (Wildman–Crippen MR) is 92.7 cm³/mol. The van der Waals surface area contributed by atoms with Gasteiger partial charge in [0.1, 0.15) is 0 Å². The topological polar surface area (TPSA) is 55.1 Å². The Kier molecular flexibility index (Phi) is 9.35. The summed E-state index contributed by atoms with van der Waals surface area (Å²) in [5, 5.41) is 2.83. The maximum absolute atomic E-state index is 11.9. The van der Waals surface area contributed by atoms with Crippen LogP contribution in [-0.2, 0) is 0 Å². The minimum absolute atomic E-state index is 0.131. The number of rotatable bonds is 2. The lowest BCUT2D eigenvalue weighted by Crippen LogP contribution is -2.11. The number of hydrogen-bond donors (Lipinski definition) is 2. The molecule has 3 heteroatoms. The van der Waals surface area contributed by atoms with E-state index in [1.54, 1.807) is 24.3 Å². The van der Waals surface area contributed by atoms with Crippen LogP contribution in [0.2, 0.25) is 0 Å². The Balaban J connectivity index is 0.000000921. The van der Waals surface area contributed by atoms with E-state index >= 15 is 0 Å². The fourth-order valence-electron chi connectivity index (χ4n) is 1.47. The summed E-state index contributed by atoms with van der Waals surface area (Å²) >= 11 is 0. The highest BCUT2D eigenvalue weighted by molar-refractivity contribution is 6.04. The standard InChI is InChI=1S/C14H14N2O.2C2H6/c1-10-2-8-13(9-3-10)16-14(17)11-4-6-12(15)7-5-11;2*1-2/h2-9H,15H2,1H3,(H,16,17);2*1-2H3. The molecule has 21 heavy (non-hydrogen) atoms. The third-order valence-corrected chi connectivity index (χ3v) is 2.48. The smallest absolute Gasteiger partial charge is 0.255 e. The Morgan fingerprint density at radius 2 is 1.33 bits per heavy atom. The van der Waals surface area contributed by atoms with Gasteiger partial charge in [-0.05, 0) is 43.3 Å².